The van der Waals surface area contributed by atoms with Crippen molar-refractivity contribution in [3.05, 3.63) is 57.6 Å². The van der Waals surface area contributed by atoms with Crippen LogP contribution in [0.2, 0.25) is 0 Å². The van der Waals surface area contributed by atoms with Gasteiger partial charge in [0, 0.05) is 12.1 Å². The molecule has 1 aliphatic heterocycles. The number of hydrogen-bond donors (Lipinski definition) is 1. The summed E-state index contributed by atoms with van der Waals surface area (Å²) < 4.78 is 15.9. The van der Waals surface area contributed by atoms with E-state index >= 15 is 0 Å². The van der Waals surface area contributed by atoms with Crippen molar-refractivity contribution in [2.45, 2.75) is 25.8 Å². The van der Waals surface area contributed by atoms with Gasteiger partial charge >= 0.3 is 0 Å². The van der Waals surface area contributed by atoms with Crippen LogP contribution >= 0.6 is 0 Å². The van der Waals surface area contributed by atoms with Gasteiger partial charge in [-0.05, 0) is 37.5 Å². The van der Waals surface area contributed by atoms with E-state index in [2.05, 4.69) is 5.32 Å². The third kappa shape index (κ3) is 4.51. The fourth-order valence-electron chi connectivity index (χ4n) is 2.96. The van der Waals surface area contributed by atoms with Crippen molar-refractivity contribution in [2.24, 2.45) is 0 Å². The minimum Gasteiger partial charge on any atom is -0.497 e. The van der Waals surface area contributed by atoms with Crippen molar-refractivity contribution in [3.63, 3.8) is 0 Å². The molecule has 1 aliphatic rings. The van der Waals surface area contributed by atoms with E-state index in [0.717, 1.165) is 17.7 Å². The van der Waals surface area contributed by atoms with Gasteiger partial charge in [-0.15, -0.1) is 0 Å². The highest BCUT2D eigenvalue weighted by Crippen LogP contribution is 2.36. The van der Waals surface area contributed by atoms with Crippen molar-refractivity contribution in [1.29, 1.82) is 0 Å². The molecule has 0 bridgehead atoms. The summed E-state index contributed by atoms with van der Waals surface area (Å²) in [5.74, 6) is 0.900. The minimum absolute atomic E-state index is 0.0365. The fourth-order valence-corrected chi connectivity index (χ4v) is 2.96. The minimum atomic E-state index is -0.588. The maximum absolute atomic E-state index is 12.6. The summed E-state index contributed by atoms with van der Waals surface area (Å²) in [4.78, 5) is 23.4. The summed E-state index contributed by atoms with van der Waals surface area (Å²) >= 11 is 0. The third-order valence-corrected chi connectivity index (χ3v) is 4.50. The second kappa shape index (κ2) is 8.60. The lowest BCUT2D eigenvalue weighted by atomic mass is 10.1. The highest BCUT2D eigenvalue weighted by Gasteiger charge is 2.27. The number of carbonyl (C=O) groups excluding carboxylic acids is 1. The monoisotopic (exact) mass is 386 g/mol. The van der Waals surface area contributed by atoms with Crippen LogP contribution in [0.5, 0.6) is 17.2 Å². The zero-order chi connectivity index (χ0) is 20.1. The number of rotatable bonds is 7. The second-order valence-corrected chi connectivity index (χ2v) is 6.53. The Bertz CT molecular complexity index is 866. The smallest absolute Gasteiger partial charge is 0.286 e. The van der Waals surface area contributed by atoms with E-state index < -0.39 is 10.8 Å². The van der Waals surface area contributed by atoms with E-state index in [0.29, 0.717) is 25.4 Å². The van der Waals surface area contributed by atoms with Crippen LogP contribution in [-0.2, 0) is 6.42 Å². The highest BCUT2D eigenvalue weighted by molar-refractivity contribution is 5.99. The molecule has 1 amide bonds. The predicted molar refractivity (Wildman–Crippen MR) is 102 cm³/mol. The Kier molecular flexibility index (Phi) is 5.98. The molecular weight excluding hydrogens is 364 g/mol. The summed E-state index contributed by atoms with van der Waals surface area (Å²) in [5, 5.41) is 14.2. The summed E-state index contributed by atoms with van der Waals surface area (Å²) in [6.07, 6.45) is 1.45. The SMILES string of the molecule is COc1ccc(CCC(C)NC(=O)c2cc3c(cc2[N+](=O)[O-])OCCO3)cc1. The normalized spacial score (nSPS) is 13.5. The van der Waals surface area contributed by atoms with Gasteiger partial charge in [-0.1, -0.05) is 12.1 Å². The zero-order valence-corrected chi connectivity index (χ0v) is 15.8. The van der Waals surface area contributed by atoms with Crippen molar-refractivity contribution in [2.75, 3.05) is 20.3 Å². The molecule has 0 spiro atoms. The second-order valence-electron chi connectivity index (χ2n) is 6.53. The molecule has 0 aromatic heterocycles. The summed E-state index contributed by atoms with van der Waals surface area (Å²) in [6, 6.07) is 10.2. The predicted octanol–water partition coefficient (Wildman–Crippen LogP) is 3.13. The van der Waals surface area contributed by atoms with Gasteiger partial charge in [0.2, 0.25) is 0 Å². The molecular formula is C20H22N2O6. The quantitative estimate of drug-likeness (QED) is 0.580. The lowest BCUT2D eigenvalue weighted by molar-refractivity contribution is -0.385. The molecule has 148 valence electrons. The Morgan fingerprint density at radius 1 is 1.21 bits per heavy atom. The van der Waals surface area contributed by atoms with Gasteiger partial charge in [-0.2, -0.15) is 0 Å². The summed E-state index contributed by atoms with van der Waals surface area (Å²) in [6.45, 7) is 2.52. The highest BCUT2D eigenvalue weighted by atomic mass is 16.6. The average molecular weight is 386 g/mol. The lowest BCUT2D eigenvalue weighted by Crippen LogP contribution is -2.33. The molecule has 3 rings (SSSR count). The van der Waals surface area contributed by atoms with Crippen LogP contribution in [0.25, 0.3) is 0 Å². The molecule has 0 fully saturated rings. The molecule has 1 atom stereocenters. The number of benzene rings is 2. The first-order valence-electron chi connectivity index (χ1n) is 8.99. The van der Waals surface area contributed by atoms with Crippen LogP contribution in [0, 0.1) is 10.1 Å². The van der Waals surface area contributed by atoms with Gasteiger partial charge in [0.05, 0.1) is 18.1 Å². The molecule has 8 nitrogen and oxygen atoms in total. The first-order chi connectivity index (χ1) is 13.5. The maximum atomic E-state index is 12.6. The van der Waals surface area contributed by atoms with Gasteiger partial charge in [-0.25, -0.2) is 0 Å². The van der Waals surface area contributed by atoms with Crippen LogP contribution in [0.1, 0.15) is 29.3 Å². The van der Waals surface area contributed by atoms with Crippen LogP contribution < -0.4 is 19.5 Å². The average Bonchev–Trinajstić information content (AvgIpc) is 2.71. The molecule has 0 aliphatic carbocycles. The Labute approximate surface area is 162 Å². The molecule has 1 unspecified atom stereocenters. The molecule has 2 aromatic carbocycles. The number of ether oxygens (including phenoxy) is 3. The first-order valence-corrected chi connectivity index (χ1v) is 8.99. The van der Waals surface area contributed by atoms with E-state index in [9.17, 15) is 14.9 Å². The molecule has 28 heavy (non-hydrogen) atoms. The van der Waals surface area contributed by atoms with Crippen molar-refractivity contribution < 1.29 is 23.9 Å². The Morgan fingerprint density at radius 3 is 2.46 bits per heavy atom. The Morgan fingerprint density at radius 2 is 1.86 bits per heavy atom. The number of aryl methyl sites for hydroxylation is 1. The number of methoxy groups -OCH3 is 1. The van der Waals surface area contributed by atoms with Gasteiger partial charge < -0.3 is 19.5 Å². The number of hydrogen-bond acceptors (Lipinski definition) is 6. The van der Waals surface area contributed by atoms with Crippen LogP contribution in [0.4, 0.5) is 5.69 Å². The molecule has 2 aromatic rings. The number of carbonyl (C=O) groups is 1. The van der Waals surface area contributed by atoms with Gasteiger partial charge in [-0.3, -0.25) is 14.9 Å². The number of fused-ring (bicyclic) bond motifs is 1. The number of nitrogens with one attached hydrogen (secondary N) is 1. The lowest BCUT2D eigenvalue weighted by Gasteiger charge is -2.19. The van der Waals surface area contributed by atoms with Crippen LogP contribution in [0.15, 0.2) is 36.4 Å². The van der Waals surface area contributed by atoms with Crippen molar-refractivity contribution >= 4 is 11.6 Å². The van der Waals surface area contributed by atoms with Gasteiger partial charge in [0.25, 0.3) is 11.6 Å². The van der Waals surface area contributed by atoms with Crippen LogP contribution in [0.3, 0.4) is 0 Å². The van der Waals surface area contributed by atoms with Crippen LogP contribution in [-0.4, -0.2) is 37.2 Å². The molecule has 0 saturated heterocycles. The molecule has 0 radical (unpaired) electrons. The van der Waals surface area contributed by atoms with Gasteiger partial charge in [0.15, 0.2) is 11.5 Å². The molecule has 0 saturated carbocycles. The fraction of sp³-hybridized carbons (Fsp3) is 0.350. The van der Waals surface area contributed by atoms with Crippen molar-refractivity contribution in [3.8, 4) is 17.2 Å². The van der Waals surface area contributed by atoms with Gasteiger partial charge in [0.1, 0.15) is 24.5 Å². The number of nitro groups is 1. The maximum Gasteiger partial charge on any atom is 0.286 e. The molecule has 1 N–H and O–H groups in total. The van der Waals surface area contributed by atoms with E-state index in [1.165, 1.54) is 12.1 Å². The molecule has 8 heteroatoms. The summed E-state index contributed by atoms with van der Waals surface area (Å²) in [5.41, 5.74) is 0.780. The number of amides is 1. The van der Waals surface area contributed by atoms with Crippen molar-refractivity contribution in [1.82, 2.24) is 5.32 Å². The van der Waals surface area contributed by atoms with E-state index in [4.69, 9.17) is 14.2 Å². The zero-order valence-electron chi connectivity index (χ0n) is 15.8. The molecule has 1 heterocycles. The number of nitro benzene ring substituents is 1. The standard InChI is InChI=1S/C20H22N2O6/c1-13(3-4-14-5-7-15(26-2)8-6-14)21-20(23)16-11-18-19(28-10-9-27-18)12-17(16)22(24)25/h5-8,11-13H,3-4,9-10H2,1-2H3,(H,21,23). The van der Waals surface area contributed by atoms with E-state index in [-0.39, 0.29) is 23.0 Å². The largest absolute Gasteiger partial charge is 0.497 e. The van der Waals surface area contributed by atoms with E-state index in [1.807, 2.05) is 31.2 Å². The third-order valence-electron chi connectivity index (χ3n) is 4.50. The Balaban J connectivity index is 1.66. The Hall–Kier alpha value is -3.29. The summed E-state index contributed by atoms with van der Waals surface area (Å²) in [7, 11) is 1.61. The topological polar surface area (TPSA) is 99.9 Å². The first kappa shape index (κ1) is 19.5. The number of nitrogens with zero attached hydrogens (tertiary/aromatic N) is 1. The van der Waals surface area contributed by atoms with E-state index in [1.54, 1.807) is 7.11 Å².